The van der Waals surface area contributed by atoms with Gasteiger partial charge < -0.3 is 21.3 Å². The molecular formula is C9H14ClN3O2. The van der Waals surface area contributed by atoms with E-state index in [1.165, 1.54) is 13.0 Å². The lowest BCUT2D eigenvalue weighted by Gasteiger charge is -2.21. The van der Waals surface area contributed by atoms with Crippen LogP contribution in [0.25, 0.3) is 0 Å². The molecule has 0 aromatic carbocycles. The Morgan fingerprint density at radius 2 is 2.27 bits per heavy atom. The number of aliphatic hydroxyl groups excluding tert-OH is 1. The molecule has 0 fully saturated rings. The monoisotopic (exact) mass is 231 g/mol. The summed E-state index contributed by atoms with van der Waals surface area (Å²) < 4.78 is 0. The van der Waals surface area contributed by atoms with Crippen molar-refractivity contribution >= 4 is 23.1 Å². The van der Waals surface area contributed by atoms with Crippen LogP contribution in [0.2, 0.25) is 5.15 Å². The predicted molar refractivity (Wildman–Crippen MR) is 59.9 cm³/mol. The Bertz CT molecular complexity index is 324. The minimum absolute atomic E-state index is 0.163. The summed E-state index contributed by atoms with van der Waals surface area (Å²) in [5.41, 5.74) is 4.85. The second-order valence-electron chi connectivity index (χ2n) is 3.62. The molecule has 1 unspecified atom stereocenters. The molecule has 0 bridgehead atoms. The van der Waals surface area contributed by atoms with E-state index in [4.69, 9.17) is 22.4 Å². The number of nitrogens with zero attached hydrogens (tertiary/aromatic N) is 1. The summed E-state index contributed by atoms with van der Waals surface area (Å²) in [6.07, 6.45) is 0. The molecule has 6 heteroatoms. The molecule has 0 saturated heterocycles. The summed E-state index contributed by atoms with van der Waals surface area (Å²) in [5, 5.41) is 21.4. The van der Waals surface area contributed by atoms with Gasteiger partial charge in [0.2, 0.25) is 0 Å². The Labute approximate surface area is 92.9 Å². The molecule has 1 atom stereocenters. The minimum atomic E-state index is -1.20. The summed E-state index contributed by atoms with van der Waals surface area (Å²) in [5.74, 6) is 0.466. The van der Waals surface area contributed by atoms with Crippen LogP contribution in [0.1, 0.15) is 6.92 Å². The number of pyridine rings is 1. The summed E-state index contributed by atoms with van der Waals surface area (Å²) >= 11 is 5.69. The minimum Gasteiger partial charge on any atom is -0.399 e. The average Bonchev–Trinajstić information content (AvgIpc) is 2.14. The molecule has 0 spiro atoms. The first kappa shape index (κ1) is 12.0. The van der Waals surface area contributed by atoms with Gasteiger partial charge in [-0.15, -0.1) is 0 Å². The van der Waals surface area contributed by atoms with E-state index >= 15 is 0 Å². The summed E-state index contributed by atoms with van der Waals surface area (Å²) in [6.45, 7) is 1.33. The second-order valence-corrected chi connectivity index (χ2v) is 4.00. The topological polar surface area (TPSA) is 91.4 Å². The van der Waals surface area contributed by atoms with Crippen molar-refractivity contribution in [2.45, 2.75) is 12.5 Å². The van der Waals surface area contributed by atoms with Crippen molar-refractivity contribution in [2.75, 3.05) is 24.2 Å². The molecule has 1 aromatic rings. The van der Waals surface area contributed by atoms with Crippen molar-refractivity contribution in [3.05, 3.63) is 17.3 Å². The lowest BCUT2D eigenvalue weighted by atomic mass is 10.1. The van der Waals surface area contributed by atoms with Gasteiger partial charge in [0.05, 0.1) is 6.61 Å². The van der Waals surface area contributed by atoms with Gasteiger partial charge in [0, 0.05) is 18.3 Å². The molecule has 0 saturated carbocycles. The molecule has 1 rings (SSSR count). The number of nitrogens with one attached hydrogen (secondary N) is 1. The van der Waals surface area contributed by atoms with Crippen LogP contribution in [-0.2, 0) is 0 Å². The first-order chi connectivity index (χ1) is 6.93. The van der Waals surface area contributed by atoms with E-state index in [1.54, 1.807) is 6.07 Å². The zero-order valence-corrected chi connectivity index (χ0v) is 9.12. The van der Waals surface area contributed by atoms with Gasteiger partial charge in [0.15, 0.2) is 0 Å². The molecule has 0 aliphatic heterocycles. The number of anilines is 2. The van der Waals surface area contributed by atoms with Crippen LogP contribution in [0.5, 0.6) is 0 Å². The maximum Gasteiger partial charge on any atom is 0.133 e. The largest absolute Gasteiger partial charge is 0.399 e. The number of rotatable bonds is 4. The second kappa shape index (κ2) is 4.65. The standard InChI is InChI=1S/C9H14ClN3O2/c1-9(15,5-14)4-12-8-3-6(11)2-7(10)13-8/h2-3,14-15H,4-5H2,1H3,(H3,11,12,13). The SMILES string of the molecule is CC(O)(CO)CNc1cc(N)cc(Cl)n1. The molecule has 0 radical (unpaired) electrons. The fourth-order valence-corrected chi connectivity index (χ4v) is 1.16. The van der Waals surface area contributed by atoms with Gasteiger partial charge in [-0.25, -0.2) is 4.98 Å². The average molecular weight is 232 g/mol. The molecule has 0 amide bonds. The maximum atomic E-state index is 9.52. The summed E-state index contributed by atoms with van der Waals surface area (Å²) in [7, 11) is 0. The maximum absolute atomic E-state index is 9.52. The van der Waals surface area contributed by atoms with E-state index < -0.39 is 5.60 Å². The number of aliphatic hydroxyl groups is 2. The Kier molecular flexibility index (Phi) is 3.73. The van der Waals surface area contributed by atoms with Gasteiger partial charge in [0.25, 0.3) is 0 Å². The van der Waals surface area contributed by atoms with Crippen LogP contribution < -0.4 is 11.1 Å². The number of aromatic nitrogens is 1. The van der Waals surface area contributed by atoms with Gasteiger partial charge >= 0.3 is 0 Å². The van der Waals surface area contributed by atoms with Crippen molar-refractivity contribution in [1.82, 2.24) is 4.98 Å². The van der Waals surface area contributed by atoms with Crippen molar-refractivity contribution in [1.29, 1.82) is 0 Å². The Morgan fingerprint density at radius 3 is 2.80 bits per heavy atom. The van der Waals surface area contributed by atoms with Crippen molar-refractivity contribution < 1.29 is 10.2 Å². The van der Waals surface area contributed by atoms with Crippen LogP contribution in [0.15, 0.2) is 12.1 Å². The Balaban J connectivity index is 2.65. The quantitative estimate of drug-likeness (QED) is 0.566. The summed E-state index contributed by atoms with van der Waals surface area (Å²) in [4.78, 5) is 3.95. The number of halogens is 1. The van der Waals surface area contributed by atoms with Crippen LogP contribution in [0.4, 0.5) is 11.5 Å². The fraction of sp³-hybridized carbons (Fsp3) is 0.444. The van der Waals surface area contributed by atoms with Gasteiger partial charge in [-0.1, -0.05) is 11.6 Å². The Hall–Kier alpha value is -1.04. The van der Waals surface area contributed by atoms with E-state index in [0.717, 1.165) is 0 Å². The first-order valence-electron chi connectivity index (χ1n) is 4.43. The van der Waals surface area contributed by atoms with Gasteiger partial charge in [0.1, 0.15) is 16.6 Å². The van der Waals surface area contributed by atoms with E-state index in [2.05, 4.69) is 10.3 Å². The van der Waals surface area contributed by atoms with Crippen molar-refractivity contribution in [2.24, 2.45) is 0 Å². The van der Waals surface area contributed by atoms with E-state index in [0.29, 0.717) is 11.5 Å². The van der Waals surface area contributed by atoms with E-state index in [9.17, 15) is 5.11 Å². The Morgan fingerprint density at radius 1 is 1.60 bits per heavy atom. The number of nitrogens with two attached hydrogens (primary N) is 1. The zero-order chi connectivity index (χ0) is 11.5. The van der Waals surface area contributed by atoms with Gasteiger partial charge in [-0.05, 0) is 13.0 Å². The molecule has 84 valence electrons. The number of hydrogen-bond acceptors (Lipinski definition) is 5. The molecule has 0 aliphatic carbocycles. The molecule has 1 aromatic heterocycles. The highest BCUT2D eigenvalue weighted by molar-refractivity contribution is 6.29. The lowest BCUT2D eigenvalue weighted by Crippen LogP contribution is -2.37. The van der Waals surface area contributed by atoms with Gasteiger partial charge in [-0.3, -0.25) is 0 Å². The molecule has 0 aliphatic rings. The number of hydrogen-bond donors (Lipinski definition) is 4. The highest BCUT2D eigenvalue weighted by Crippen LogP contribution is 2.16. The fourth-order valence-electron chi connectivity index (χ4n) is 0.944. The van der Waals surface area contributed by atoms with Crippen LogP contribution >= 0.6 is 11.6 Å². The third-order valence-corrected chi connectivity index (χ3v) is 2.00. The van der Waals surface area contributed by atoms with E-state index in [-0.39, 0.29) is 18.3 Å². The molecule has 5 N–H and O–H groups in total. The molecular weight excluding hydrogens is 218 g/mol. The third kappa shape index (κ3) is 3.91. The molecule has 1 heterocycles. The lowest BCUT2D eigenvalue weighted by molar-refractivity contribution is 0.0132. The molecule has 15 heavy (non-hydrogen) atoms. The smallest absolute Gasteiger partial charge is 0.133 e. The zero-order valence-electron chi connectivity index (χ0n) is 8.37. The number of nitrogen functional groups attached to an aromatic ring is 1. The van der Waals surface area contributed by atoms with E-state index in [1.807, 2.05) is 0 Å². The van der Waals surface area contributed by atoms with Crippen LogP contribution in [0.3, 0.4) is 0 Å². The first-order valence-corrected chi connectivity index (χ1v) is 4.81. The molecule has 5 nitrogen and oxygen atoms in total. The normalized spacial score (nSPS) is 14.7. The van der Waals surface area contributed by atoms with Gasteiger partial charge in [-0.2, -0.15) is 0 Å². The van der Waals surface area contributed by atoms with Crippen molar-refractivity contribution in [3.63, 3.8) is 0 Å². The summed E-state index contributed by atoms with van der Waals surface area (Å²) in [6, 6.07) is 3.12. The highest BCUT2D eigenvalue weighted by Gasteiger charge is 2.18. The third-order valence-electron chi connectivity index (χ3n) is 1.81. The van der Waals surface area contributed by atoms with Crippen LogP contribution in [0, 0.1) is 0 Å². The van der Waals surface area contributed by atoms with Crippen molar-refractivity contribution in [3.8, 4) is 0 Å². The predicted octanol–water partition coefficient (Wildman–Crippen LogP) is 0.472. The highest BCUT2D eigenvalue weighted by atomic mass is 35.5. The van der Waals surface area contributed by atoms with Crippen LogP contribution in [-0.4, -0.2) is 33.9 Å².